The Labute approximate surface area is 161 Å². The first-order valence-corrected chi connectivity index (χ1v) is 9.76. The monoisotopic (exact) mass is 370 g/mol. The minimum absolute atomic E-state index is 0.759. The van der Waals surface area contributed by atoms with Crippen molar-refractivity contribution in [3.05, 3.63) is 96.0 Å². The average Bonchev–Trinajstić information content (AvgIpc) is 3.06. The number of hydrogen-bond donors (Lipinski definition) is 0. The second-order valence-electron chi connectivity index (χ2n) is 6.37. The van der Waals surface area contributed by atoms with E-state index in [2.05, 4.69) is 78.9 Å². The summed E-state index contributed by atoms with van der Waals surface area (Å²) >= 11 is 8.16. The lowest BCUT2D eigenvalue weighted by molar-refractivity contribution is 1.60. The standard InChI is InChI=1S/C24H15ClS/c25-18-11-12-19(21(15-18)16-6-2-1-3-7-16)17-10-13-24-22(14-17)20-8-4-5-9-23(20)26-24/h1-15H. The quantitative estimate of drug-likeness (QED) is 0.295. The molecule has 0 aliphatic rings. The topological polar surface area (TPSA) is 0 Å². The average molecular weight is 371 g/mol. The summed E-state index contributed by atoms with van der Waals surface area (Å²) in [5, 5.41) is 3.40. The van der Waals surface area contributed by atoms with Crippen LogP contribution in [-0.2, 0) is 0 Å². The number of thiophene rings is 1. The molecule has 0 amide bonds. The maximum absolute atomic E-state index is 6.31. The molecule has 2 heteroatoms. The van der Waals surface area contributed by atoms with Gasteiger partial charge in [-0.15, -0.1) is 11.3 Å². The van der Waals surface area contributed by atoms with Crippen molar-refractivity contribution in [3.63, 3.8) is 0 Å². The molecule has 4 aromatic carbocycles. The summed E-state index contributed by atoms with van der Waals surface area (Å²) < 4.78 is 2.66. The lowest BCUT2D eigenvalue weighted by atomic mass is 9.94. The molecule has 0 spiro atoms. The van der Waals surface area contributed by atoms with Gasteiger partial charge in [0.2, 0.25) is 0 Å². The van der Waals surface area contributed by atoms with E-state index in [1.165, 1.54) is 36.9 Å². The second kappa shape index (κ2) is 6.28. The Morgan fingerprint density at radius 2 is 1.31 bits per heavy atom. The Hall–Kier alpha value is -2.61. The van der Waals surface area contributed by atoms with E-state index in [0.29, 0.717) is 0 Å². The molecule has 0 radical (unpaired) electrons. The Morgan fingerprint density at radius 3 is 2.19 bits per heavy atom. The van der Waals surface area contributed by atoms with Gasteiger partial charge in [0.25, 0.3) is 0 Å². The molecule has 1 aromatic heterocycles. The van der Waals surface area contributed by atoms with Gasteiger partial charge < -0.3 is 0 Å². The zero-order valence-electron chi connectivity index (χ0n) is 13.9. The molecule has 5 rings (SSSR count). The van der Waals surface area contributed by atoms with Crippen molar-refractivity contribution >= 4 is 43.1 Å². The van der Waals surface area contributed by atoms with E-state index in [9.17, 15) is 0 Å². The number of halogens is 1. The maximum atomic E-state index is 6.31. The molecular formula is C24H15ClS. The highest BCUT2D eigenvalue weighted by Crippen LogP contribution is 2.39. The van der Waals surface area contributed by atoms with Crippen LogP contribution in [0.25, 0.3) is 42.4 Å². The molecule has 0 bridgehead atoms. The molecule has 1 heterocycles. The summed E-state index contributed by atoms with van der Waals surface area (Å²) in [5.41, 5.74) is 4.77. The SMILES string of the molecule is Clc1ccc(-c2ccc3sc4ccccc4c3c2)c(-c2ccccc2)c1. The first-order chi connectivity index (χ1) is 12.8. The highest BCUT2D eigenvalue weighted by atomic mass is 35.5. The van der Waals surface area contributed by atoms with Crippen molar-refractivity contribution in [3.8, 4) is 22.3 Å². The van der Waals surface area contributed by atoms with Crippen LogP contribution in [0, 0.1) is 0 Å². The largest absolute Gasteiger partial charge is 0.135 e. The fourth-order valence-electron chi connectivity index (χ4n) is 3.52. The normalized spacial score (nSPS) is 11.3. The van der Waals surface area contributed by atoms with E-state index >= 15 is 0 Å². The third-order valence-electron chi connectivity index (χ3n) is 4.75. The van der Waals surface area contributed by atoms with Gasteiger partial charge in [0.05, 0.1) is 0 Å². The predicted octanol–water partition coefficient (Wildman–Crippen LogP) is 8.04. The van der Waals surface area contributed by atoms with Gasteiger partial charge in [-0.3, -0.25) is 0 Å². The Kier molecular flexibility index (Phi) is 3.77. The molecule has 0 nitrogen and oxygen atoms in total. The zero-order chi connectivity index (χ0) is 17.5. The first kappa shape index (κ1) is 15.6. The van der Waals surface area contributed by atoms with Gasteiger partial charge in [0.1, 0.15) is 0 Å². The van der Waals surface area contributed by atoms with E-state index in [0.717, 1.165) is 10.6 Å². The summed E-state index contributed by atoms with van der Waals surface area (Å²) in [5.74, 6) is 0. The van der Waals surface area contributed by atoms with Gasteiger partial charge in [-0.2, -0.15) is 0 Å². The second-order valence-corrected chi connectivity index (χ2v) is 7.89. The molecule has 0 aliphatic heterocycles. The third-order valence-corrected chi connectivity index (χ3v) is 6.14. The van der Waals surface area contributed by atoms with Crippen molar-refractivity contribution in [1.82, 2.24) is 0 Å². The van der Waals surface area contributed by atoms with E-state index in [1.54, 1.807) is 0 Å². The number of hydrogen-bond acceptors (Lipinski definition) is 1. The number of fused-ring (bicyclic) bond motifs is 3. The van der Waals surface area contributed by atoms with Gasteiger partial charge in [-0.25, -0.2) is 0 Å². The Bertz CT molecular complexity index is 1240. The smallest absolute Gasteiger partial charge is 0.0412 e. The number of benzene rings is 4. The van der Waals surface area contributed by atoms with Crippen molar-refractivity contribution in [1.29, 1.82) is 0 Å². The van der Waals surface area contributed by atoms with E-state index in [1.807, 2.05) is 23.5 Å². The molecule has 0 fully saturated rings. The molecule has 124 valence electrons. The van der Waals surface area contributed by atoms with E-state index in [-0.39, 0.29) is 0 Å². The summed E-state index contributed by atoms with van der Waals surface area (Å²) in [7, 11) is 0. The zero-order valence-corrected chi connectivity index (χ0v) is 15.5. The molecule has 0 atom stereocenters. The summed E-state index contributed by atoms with van der Waals surface area (Å²) in [6.07, 6.45) is 0. The Morgan fingerprint density at radius 1 is 0.538 bits per heavy atom. The molecular weight excluding hydrogens is 356 g/mol. The van der Waals surface area contributed by atoms with Crippen LogP contribution in [0.3, 0.4) is 0 Å². The first-order valence-electron chi connectivity index (χ1n) is 8.56. The fourth-order valence-corrected chi connectivity index (χ4v) is 4.78. The van der Waals surface area contributed by atoms with E-state index in [4.69, 9.17) is 11.6 Å². The van der Waals surface area contributed by atoms with Crippen molar-refractivity contribution < 1.29 is 0 Å². The summed E-state index contributed by atoms with van der Waals surface area (Å²) in [6, 6.07) is 32.0. The molecule has 26 heavy (non-hydrogen) atoms. The van der Waals surface area contributed by atoms with Crippen LogP contribution in [-0.4, -0.2) is 0 Å². The molecule has 0 unspecified atom stereocenters. The van der Waals surface area contributed by atoms with Gasteiger partial charge in [-0.05, 0) is 52.6 Å². The van der Waals surface area contributed by atoms with Crippen molar-refractivity contribution in [2.75, 3.05) is 0 Å². The minimum atomic E-state index is 0.759. The predicted molar refractivity (Wildman–Crippen MR) is 115 cm³/mol. The van der Waals surface area contributed by atoms with Crippen LogP contribution < -0.4 is 0 Å². The molecule has 0 aliphatic carbocycles. The van der Waals surface area contributed by atoms with Crippen LogP contribution in [0.15, 0.2) is 91.0 Å². The lowest BCUT2D eigenvalue weighted by Crippen LogP contribution is -1.85. The van der Waals surface area contributed by atoms with Gasteiger partial charge >= 0.3 is 0 Å². The number of rotatable bonds is 2. The van der Waals surface area contributed by atoms with Gasteiger partial charge in [0, 0.05) is 25.2 Å². The fraction of sp³-hybridized carbons (Fsp3) is 0. The third kappa shape index (κ3) is 2.61. The van der Waals surface area contributed by atoms with Gasteiger partial charge in [0.15, 0.2) is 0 Å². The molecule has 5 aromatic rings. The molecule has 0 saturated carbocycles. The highest BCUT2D eigenvalue weighted by Gasteiger charge is 2.11. The van der Waals surface area contributed by atoms with Crippen LogP contribution in [0.5, 0.6) is 0 Å². The summed E-state index contributed by atoms with van der Waals surface area (Å²) in [4.78, 5) is 0. The molecule has 0 N–H and O–H groups in total. The van der Waals surface area contributed by atoms with Gasteiger partial charge in [-0.1, -0.05) is 72.3 Å². The molecule has 0 saturated heterocycles. The highest BCUT2D eigenvalue weighted by molar-refractivity contribution is 7.25. The van der Waals surface area contributed by atoms with Crippen LogP contribution >= 0.6 is 22.9 Å². The minimum Gasteiger partial charge on any atom is -0.135 e. The maximum Gasteiger partial charge on any atom is 0.0412 e. The Balaban J connectivity index is 1.77. The summed E-state index contributed by atoms with van der Waals surface area (Å²) in [6.45, 7) is 0. The van der Waals surface area contributed by atoms with Crippen LogP contribution in [0.2, 0.25) is 5.02 Å². The lowest BCUT2D eigenvalue weighted by Gasteiger charge is -2.11. The van der Waals surface area contributed by atoms with Crippen LogP contribution in [0.1, 0.15) is 0 Å². The van der Waals surface area contributed by atoms with Crippen LogP contribution in [0.4, 0.5) is 0 Å². The van der Waals surface area contributed by atoms with Crippen molar-refractivity contribution in [2.24, 2.45) is 0 Å². The van der Waals surface area contributed by atoms with Crippen molar-refractivity contribution in [2.45, 2.75) is 0 Å². The van der Waals surface area contributed by atoms with E-state index < -0.39 is 0 Å².